The van der Waals surface area contributed by atoms with Crippen molar-refractivity contribution in [3.8, 4) is 17.2 Å². The first-order valence-electron chi connectivity index (χ1n) is 17.3. The minimum atomic E-state index is -1.21. The van der Waals surface area contributed by atoms with Crippen LogP contribution in [0.15, 0.2) is 95.9 Å². The molecule has 4 aromatic carbocycles. The van der Waals surface area contributed by atoms with Crippen LogP contribution in [0.25, 0.3) is 0 Å². The van der Waals surface area contributed by atoms with E-state index in [0.717, 1.165) is 46.9 Å². The molecule has 0 saturated carbocycles. The number of rotatable bonds is 14. The van der Waals surface area contributed by atoms with Gasteiger partial charge in [-0.1, -0.05) is 61.8 Å². The van der Waals surface area contributed by atoms with Crippen LogP contribution >= 0.6 is 23.4 Å². The van der Waals surface area contributed by atoms with Gasteiger partial charge in [0.2, 0.25) is 0 Å². The number of halogens is 1. The molecular formula is C40H47ClN2O7S. The summed E-state index contributed by atoms with van der Waals surface area (Å²) in [5.41, 5.74) is 2.28. The van der Waals surface area contributed by atoms with E-state index in [1.165, 1.54) is 11.8 Å². The van der Waals surface area contributed by atoms with Gasteiger partial charge >= 0.3 is 0 Å². The van der Waals surface area contributed by atoms with Crippen LogP contribution < -0.4 is 19.1 Å². The Labute approximate surface area is 310 Å². The lowest BCUT2D eigenvalue weighted by atomic mass is 9.79. The number of aliphatic hydroxyl groups is 2. The summed E-state index contributed by atoms with van der Waals surface area (Å²) in [6, 6.07) is 29.0. The maximum atomic E-state index is 11.8. The van der Waals surface area contributed by atoms with Crippen LogP contribution in [0.2, 0.25) is 5.02 Å². The summed E-state index contributed by atoms with van der Waals surface area (Å²) < 4.78 is 30.5. The van der Waals surface area contributed by atoms with Gasteiger partial charge < -0.3 is 43.7 Å². The fourth-order valence-corrected chi connectivity index (χ4v) is 8.54. The molecule has 0 radical (unpaired) electrons. The quantitative estimate of drug-likeness (QED) is 0.141. The van der Waals surface area contributed by atoms with Crippen molar-refractivity contribution in [3.05, 3.63) is 113 Å². The number of nitrogens with zero attached hydrogens (tertiary/aromatic N) is 2. The van der Waals surface area contributed by atoms with Crippen molar-refractivity contribution in [2.75, 3.05) is 59.0 Å². The summed E-state index contributed by atoms with van der Waals surface area (Å²) >= 11 is 8.04. The Balaban J connectivity index is 1.40. The van der Waals surface area contributed by atoms with Gasteiger partial charge in [0.05, 0.1) is 45.0 Å². The van der Waals surface area contributed by atoms with Crippen molar-refractivity contribution < 1.29 is 33.9 Å². The van der Waals surface area contributed by atoms with E-state index in [1.807, 2.05) is 91.0 Å². The van der Waals surface area contributed by atoms with Gasteiger partial charge in [0, 0.05) is 23.0 Å². The molecular weight excluding hydrogens is 688 g/mol. The third kappa shape index (κ3) is 7.55. The van der Waals surface area contributed by atoms with Crippen LogP contribution in [0.3, 0.4) is 0 Å². The van der Waals surface area contributed by atoms with Gasteiger partial charge in [-0.2, -0.15) is 0 Å². The number of methoxy groups -OCH3 is 3. The minimum Gasteiger partial charge on any atom is -0.497 e. The lowest BCUT2D eigenvalue weighted by molar-refractivity contribution is -0.191. The first-order chi connectivity index (χ1) is 24.8. The van der Waals surface area contributed by atoms with E-state index in [4.69, 9.17) is 35.3 Å². The first kappa shape index (κ1) is 37.3. The van der Waals surface area contributed by atoms with Crippen molar-refractivity contribution in [3.63, 3.8) is 0 Å². The average Bonchev–Trinajstić information content (AvgIpc) is 3.17. The molecule has 272 valence electrons. The fourth-order valence-electron chi connectivity index (χ4n) is 7.01. The van der Waals surface area contributed by atoms with Crippen LogP contribution in [-0.4, -0.2) is 99.0 Å². The summed E-state index contributed by atoms with van der Waals surface area (Å²) in [6.07, 6.45) is -3.70. The molecule has 51 heavy (non-hydrogen) atoms. The van der Waals surface area contributed by atoms with Gasteiger partial charge in [0.15, 0.2) is 0 Å². The van der Waals surface area contributed by atoms with E-state index in [1.54, 1.807) is 21.3 Å². The molecule has 0 amide bonds. The molecule has 2 aliphatic rings. The number of benzene rings is 4. The molecule has 2 N–H and O–H groups in total. The summed E-state index contributed by atoms with van der Waals surface area (Å²) in [5, 5.41) is 23.6. The summed E-state index contributed by atoms with van der Waals surface area (Å²) in [7, 11) is 4.90. The smallest absolute Gasteiger partial charge is 0.145 e. The Bertz CT molecular complexity index is 1610. The van der Waals surface area contributed by atoms with E-state index in [9.17, 15) is 10.2 Å². The van der Waals surface area contributed by atoms with Crippen molar-refractivity contribution in [1.82, 2.24) is 4.90 Å². The highest BCUT2D eigenvalue weighted by Crippen LogP contribution is 2.48. The van der Waals surface area contributed by atoms with Crippen molar-refractivity contribution in [2.45, 2.75) is 54.1 Å². The SMILES string of the molecule is CCN(CC)CCN1c2cc(Cl)ccc2S[C@H]2[C@@H](O)[C@H](O)[C@@H](COC(c3ccc(OC)cc3)(c3ccc(OC)cc3)c3ccc(OC)cc3)O[C@H]21. The highest BCUT2D eigenvalue weighted by atomic mass is 35.5. The summed E-state index contributed by atoms with van der Waals surface area (Å²) in [4.78, 5) is 5.52. The summed E-state index contributed by atoms with van der Waals surface area (Å²) in [5.74, 6) is 2.12. The number of hydrogen-bond donors (Lipinski definition) is 2. The molecule has 0 aromatic heterocycles. The molecule has 0 spiro atoms. The first-order valence-corrected chi connectivity index (χ1v) is 18.6. The van der Waals surface area contributed by atoms with Crippen LogP contribution in [0.5, 0.6) is 17.2 Å². The zero-order chi connectivity index (χ0) is 36.1. The Morgan fingerprint density at radius 2 is 1.27 bits per heavy atom. The molecule has 6 rings (SSSR count). The second kappa shape index (κ2) is 16.5. The monoisotopic (exact) mass is 734 g/mol. The molecule has 2 heterocycles. The Morgan fingerprint density at radius 3 is 1.75 bits per heavy atom. The minimum absolute atomic E-state index is 0.0392. The Kier molecular flexibility index (Phi) is 12.0. The number of thioether (sulfide) groups is 1. The molecule has 2 aliphatic heterocycles. The molecule has 4 aromatic rings. The Morgan fingerprint density at radius 1 is 0.765 bits per heavy atom. The summed E-state index contributed by atoms with van der Waals surface area (Å²) in [6.45, 7) is 7.54. The van der Waals surface area contributed by atoms with E-state index in [2.05, 4.69) is 23.6 Å². The van der Waals surface area contributed by atoms with Crippen LogP contribution in [0.4, 0.5) is 5.69 Å². The topological polar surface area (TPSA) is 93.1 Å². The number of fused-ring (bicyclic) bond motifs is 2. The molecule has 1 fully saturated rings. The lowest BCUT2D eigenvalue weighted by Gasteiger charge is -2.51. The van der Waals surface area contributed by atoms with Gasteiger partial charge in [0.1, 0.15) is 41.3 Å². The van der Waals surface area contributed by atoms with Gasteiger partial charge in [-0.25, -0.2) is 0 Å². The van der Waals surface area contributed by atoms with E-state index in [-0.39, 0.29) is 6.61 Å². The second-order valence-electron chi connectivity index (χ2n) is 12.6. The molecule has 0 aliphatic carbocycles. The van der Waals surface area contributed by atoms with Gasteiger partial charge in [0.25, 0.3) is 0 Å². The molecule has 0 unspecified atom stereocenters. The zero-order valence-electron chi connectivity index (χ0n) is 29.7. The normalized spacial score (nSPS) is 21.6. The van der Waals surface area contributed by atoms with E-state index in [0.29, 0.717) is 28.8 Å². The Hall–Kier alpha value is -3.48. The maximum absolute atomic E-state index is 11.8. The molecule has 11 heteroatoms. The third-order valence-electron chi connectivity index (χ3n) is 9.97. The average molecular weight is 735 g/mol. The van der Waals surface area contributed by atoms with Crippen LogP contribution in [0, 0.1) is 0 Å². The standard InChI is InChI=1S/C40H47ClN2O7S/c1-6-42(7-2)22-23-43-33-24-29(41)14-21-35(33)51-38-37(45)36(44)34(50-39(38)43)25-49-40(26-8-15-30(46-3)16-9-26,27-10-17-31(47-4)18-11-27)28-12-19-32(48-5)20-13-28/h8-21,24,34,36-39,44-45H,6-7,22-23,25H2,1-5H3/t34-,36-,37+,38+,39-/m1/s1. The van der Waals surface area contributed by atoms with Gasteiger partial charge in [-0.3, -0.25) is 0 Å². The highest BCUT2D eigenvalue weighted by molar-refractivity contribution is 8.00. The highest BCUT2D eigenvalue weighted by Gasteiger charge is 2.51. The lowest BCUT2D eigenvalue weighted by Crippen LogP contribution is -2.64. The zero-order valence-corrected chi connectivity index (χ0v) is 31.3. The third-order valence-corrected chi connectivity index (χ3v) is 11.6. The van der Waals surface area contributed by atoms with Crippen molar-refractivity contribution in [1.29, 1.82) is 0 Å². The molecule has 9 nitrogen and oxygen atoms in total. The maximum Gasteiger partial charge on any atom is 0.145 e. The predicted molar refractivity (Wildman–Crippen MR) is 202 cm³/mol. The number of likely N-dealkylation sites (N-methyl/N-ethyl adjacent to an activating group) is 1. The fraction of sp³-hybridized carbons (Fsp3) is 0.400. The molecule has 1 saturated heterocycles. The molecule has 5 atom stereocenters. The van der Waals surface area contributed by atoms with Crippen molar-refractivity contribution in [2.24, 2.45) is 0 Å². The van der Waals surface area contributed by atoms with Crippen LogP contribution in [0.1, 0.15) is 30.5 Å². The number of aliphatic hydroxyl groups excluding tert-OH is 2. The number of hydrogen-bond acceptors (Lipinski definition) is 10. The van der Waals surface area contributed by atoms with E-state index >= 15 is 0 Å². The van der Waals surface area contributed by atoms with Gasteiger partial charge in [-0.15, -0.1) is 11.8 Å². The predicted octanol–water partition coefficient (Wildman–Crippen LogP) is 6.44. The second-order valence-corrected chi connectivity index (χ2v) is 14.3. The van der Waals surface area contributed by atoms with Crippen molar-refractivity contribution >= 4 is 29.1 Å². The number of anilines is 1. The molecule has 0 bridgehead atoms. The van der Waals surface area contributed by atoms with Crippen LogP contribution in [-0.2, 0) is 15.1 Å². The largest absolute Gasteiger partial charge is 0.497 e. The van der Waals surface area contributed by atoms with E-state index < -0.39 is 35.4 Å². The number of ether oxygens (including phenoxy) is 5. The van der Waals surface area contributed by atoms with Gasteiger partial charge in [-0.05, 0) is 84.4 Å².